The van der Waals surface area contributed by atoms with Crippen LogP contribution >= 0.6 is 0 Å². The van der Waals surface area contributed by atoms with Gasteiger partial charge in [-0.3, -0.25) is 4.79 Å². The van der Waals surface area contributed by atoms with E-state index in [9.17, 15) is 14.4 Å². The first-order valence-electron chi connectivity index (χ1n) is 8.98. The maximum absolute atomic E-state index is 13.3. The molecule has 1 aliphatic rings. The standard InChI is InChI=1S/C22H17FN4O/c23-18-8-6-15(7-9-18)21-17(12-16(13-24)22(28)25-19-10-11-19)14-27(26-21)20-4-2-1-3-5-20/h1-9,12,14,19H,10-11H2,(H,25,28)/b16-12+. The van der Waals surface area contributed by atoms with Gasteiger partial charge in [0.2, 0.25) is 0 Å². The van der Waals surface area contributed by atoms with Crippen molar-refractivity contribution >= 4 is 12.0 Å². The van der Waals surface area contributed by atoms with Gasteiger partial charge in [0.1, 0.15) is 17.5 Å². The number of benzene rings is 2. The van der Waals surface area contributed by atoms with Crippen LogP contribution < -0.4 is 5.32 Å². The van der Waals surface area contributed by atoms with Gasteiger partial charge >= 0.3 is 0 Å². The maximum Gasteiger partial charge on any atom is 0.262 e. The van der Waals surface area contributed by atoms with E-state index in [0.717, 1.165) is 18.5 Å². The summed E-state index contributed by atoms with van der Waals surface area (Å²) in [6, 6.07) is 17.6. The molecular weight excluding hydrogens is 355 g/mol. The zero-order valence-electron chi connectivity index (χ0n) is 15.0. The lowest BCUT2D eigenvalue weighted by Crippen LogP contribution is -2.26. The predicted octanol–water partition coefficient (Wildman–Crippen LogP) is 3.86. The summed E-state index contributed by atoms with van der Waals surface area (Å²) in [5.41, 5.74) is 2.73. The summed E-state index contributed by atoms with van der Waals surface area (Å²) in [5.74, 6) is -0.729. The molecule has 0 aliphatic heterocycles. The van der Waals surface area contributed by atoms with E-state index in [1.165, 1.54) is 18.2 Å². The van der Waals surface area contributed by atoms with Gasteiger partial charge in [0.15, 0.2) is 0 Å². The molecule has 1 aliphatic carbocycles. The Hall–Kier alpha value is -3.72. The van der Waals surface area contributed by atoms with Crippen molar-refractivity contribution in [3.8, 4) is 23.0 Å². The van der Waals surface area contributed by atoms with Crippen LogP contribution in [-0.2, 0) is 4.79 Å². The number of nitriles is 1. The van der Waals surface area contributed by atoms with Crippen molar-refractivity contribution in [3.05, 3.63) is 77.7 Å². The van der Waals surface area contributed by atoms with E-state index >= 15 is 0 Å². The van der Waals surface area contributed by atoms with Crippen LogP contribution in [0.4, 0.5) is 4.39 Å². The van der Waals surface area contributed by atoms with Gasteiger partial charge in [0.25, 0.3) is 5.91 Å². The minimum atomic E-state index is -0.387. The molecule has 4 rings (SSSR count). The van der Waals surface area contributed by atoms with Crippen LogP contribution in [0.3, 0.4) is 0 Å². The smallest absolute Gasteiger partial charge is 0.262 e. The summed E-state index contributed by atoms with van der Waals surface area (Å²) < 4.78 is 15.0. The van der Waals surface area contributed by atoms with Crippen LogP contribution in [0.1, 0.15) is 18.4 Å². The number of carbonyl (C=O) groups is 1. The van der Waals surface area contributed by atoms with Gasteiger partial charge in [-0.25, -0.2) is 9.07 Å². The van der Waals surface area contributed by atoms with Gasteiger partial charge in [0, 0.05) is 23.4 Å². The van der Waals surface area contributed by atoms with Gasteiger partial charge in [-0.05, 0) is 55.3 Å². The molecule has 5 nitrogen and oxygen atoms in total. The van der Waals surface area contributed by atoms with Crippen molar-refractivity contribution in [2.45, 2.75) is 18.9 Å². The first-order chi connectivity index (χ1) is 13.6. The van der Waals surface area contributed by atoms with E-state index in [0.29, 0.717) is 16.8 Å². The summed E-state index contributed by atoms with van der Waals surface area (Å²) in [6.07, 6.45) is 5.17. The molecule has 3 aromatic rings. The topological polar surface area (TPSA) is 70.7 Å². The molecule has 0 radical (unpaired) electrons. The van der Waals surface area contributed by atoms with Crippen LogP contribution in [0.25, 0.3) is 23.0 Å². The van der Waals surface area contributed by atoms with Crippen molar-refractivity contribution in [3.63, 3.8) is 0 Å². The highest BCUT2D eigenvalue weighted by molar-refractivity contribution is 6.02. The van der Waals surface area contributed by atoms with Gasteiger partial charge in [0.05, 0.1) is 11.4 Å². The number of para-hydroxylation sites is 1. The van der Waals surface area contributed by atoms with Crippen LogP contribution in [0, 0.1) is 17.1 Å². The predicted molar refractivity (Wildman–Crippen MR) is 104 cm³/mol. The van der Waals surface area contributed by atoms with E-state index in [2.05, 4.69) is 10.4 Å². The normalized spacial score (nSPS) is 13.8. The Morgan fingerprint density at radius 2 is 1.89 bits per heavy atom. The summed E-state index contributed by atoms with van der Waals surface area (Å²) in [7, 11) is 0. The highest BCUT2D eigenvalue weighted by Crippen LogP contribution is 2.26. The first-order valence-corrected chi connectivity index (χ1v) is 8.98. The third kappa shape index (κ3) is 3.84. The first kappa shape index (κ1) is 17.7. The molecule has 1 saturated carbocycles. The Balaban J connectivity index is 1.78. The van der Waals surface area contributed by atoms with Crippen molar-refractivity contribution in [2.24, 2.45) is 0 Å². The lowest BCUT2D eigenvalue weighted by molar-refractivity contribution is -0.117. The summed E-state index contributed by atoms with van der Waals surface area (Å²) in [6.45, 7) is 0. The molecule has 0 spiro atoms. The fourth-order valence-corrected chi connectivity index (χ4v) is 2.83. The Morgan fingerprint density at radius 3 is 2.54 bits per heavy atom. The zero-order chi connectivity index (χ0) is 19.5. The number of aromatic nitrogens is 2. The van der Waals surface area contributed by atoms with E-state index in [4.69, 9.17) is 0 Å². The monoisotopic (exact) mass is 372 g/mol. The molecule has 138 valence electrons. The Morgan fingerprint density at radius 1 is 1.18 bits per heavy atom. The number of hydrogen-bond acceptors (Lipinski definition) is 3. The summed E-state index contributed by atoms with van der Waals surface area (Å²) in [5, 5.41) is 16.9. The average Bonchev–Trinajstić information content (AvgIpc) is 3.43. The van der Waals surface area contributed by atoms with Crippen LogP contribution in [0.15, 0.2) is 66.4 Å². The molecule has 0 saturated heterocycles. The molecule has 2 aromatic carbocycles. The SMILES string of the molecule is N#C/C(=C\c1cn(-c2ccccc2)nc1-c1ccc(F)cc1)C(=O)NC1CC1. The fraction of sp³-hybridized carbons (Fsp3) is 0.136. The Labute approximate surface area is 161 Å². The summed E-state index contributed by atoms with van der Waals surface area (Å²) in [4.78, 5) is 12.3. The second kappa shape index (κ2) is 7.49. The Bertz CT molecular complexity index is 1070. The number of nitrogens with zero attached hydrogens (tertiary/aromatic N) is 3. The molecule has 0 atom stereocenters. The van der Waals surface area contributed by atoms with Crippen molar-refractivity contribution < 1.29 is 9.18 Å². The number of nitrogens with one attached hydrogen (secondary N) is 1. The number of carbonyl (C=O) groups excluding carboxylic acids is 1. The lowest BCUT2D eigenvalue weighted by Gasteiger charge is -2.02. The van der Waals surface area contributed by atoms with Gasteiger partial charge in [-0.15, -0.1) is 0 Å². The zero-order valence-corrected chi connectivity index (χ0v) is 15.0. The van der Waals surface area contributed by atoms with Gasteiger partial charge < -0.3 is 5.32 Å². The van der Waals surface area contributed by atoms with Crippen molar-refractivity contribution in [1.29, 1.82) is 5.26 Å². The third-order valence-corrected chi connectivity index (χ3v) is 4.46. The molecule has 6 heteroatoms. The average molecular weight is 372 g/mol. The quantitative estimate of drug-likeness (QED) is 0.546. The number of rotatable bonds is 5. The van der Waals surface area contributed by atoms with E-state index in [1.807, 2.05) is 36.4 Å². The second-order valence-corrected chi connectivity index (χ2v) is 6.64. The van der Waals surface area contributed by atoms with Crippen LogP contribution in [0.2, 0.25) is 0 Å². The van der Waals surface area contributed by atoms with Crippen molar-refractivity contribution in [1.82, 2.24) is 15.1 Å². The van der Waals surface area contributed by atoms with Crippen molar-refractivity contribution in [2.75, 3.05) is 0 Å². The van der Waals surface area contributed by atoms with E-state index in [-0.39, 0.29) is 23.3 Å². The van der Waals surface area contributed by atoms with E-state index < -0.39 is 0 Å². The largest absolute Gasteiger partial charge is 0.349 e. The molecular formula is C22H17FN4O. The highest BCUT2D eigenvalue weighted by Gasteiger charge is 2.25. The molecule has 1 heterocycles. The number of hydrogen-bond donors (Lipinski definition) is 1. The van der Waals surface area contributed by atoms with Gasteiger partial charge in [-0.1, -0.05) is 18.2 Å². The third-order valence-electron chi connectivity index (χ3n) is 4.46. The number of halogens is 1. The van der Waals surface area contributed by atoms with Crippen LogP contribution in [-0.4, -0.2) is 21.7 Å². The maximum atomic E-state index is 13.3. The minimum absolute atomic E-state index is 0.0165. The molecule has 1 fully saturated rings. The second-order valence-electron chi connectivity index (χ2n) is 6.64. The molecule has 1 aromatic heterocycles. The highest BCUT2D eigenvalue weighted by atomic mass is 19.1. The van der Waals surface area contributed by atoms with E-state index in [1.54, 1.807) is 23.0 Å². The molecule has 28 heavy (non-hydrogen) atoms. The number of amides is 1. The molecule has 1 N–H and O–H groups in total. The summed E-state index contributed by atoms with van der Waals surface area (Å²) >= 11 is 0. The van der Waals surface area contributed by atoms with Crippen LogP contribution in [0.5, 0.6) is 0 Å². The lowest BCUT2D eigenvalue weighted by atomic mass is 10.1. The van der Waals surface area contributed by atoms with Gasteiger partial charge in [-0.2, -0.15) is 10.4 Å². The molecule has 0 unspecified atom stereocenters. The molecule has 0 bridgehead atoms. The Kier molecular flexibility index (Phi) is 4.73. The minimum Gasteiger partial charge on any atom is -0.349 e. The fourth-order valence-electron chi connectivity index (χ4n) is 2.83. The molecule has 1 amide bonds.